The number of alkyl halides is 3. The van der Waals surface area contributed by atoms with Crippen molar-refractivity contribution < 1.29 is 40.6 Å². The fraction of sp³-hybridized carbons (Fsp3) is 0.174. The van der Waals surface area contributed by atoms with Gasteiger partial charge in [-0.2, -0.15) is 13.2 Å². The van der Waals surface area contributed by atoms with E-state index < -0.39 is 43.9 Å². The Bertz CT molecular complexity index is 1340. The van der Waals surface area contributed by atoms with Crippen LogP contribution in [-0.4, -0.2) is 31.2 Å². The van der Waals surface area contributed by atoms with Crippen LogP contribution in [0.25, 0.3) is 0 Å². The summed E-state index contributed by atoms with van der Waals surface area (Å²) in [5.74, 6) is -3.10. The van der Waals surface area contributed by atoms with Gasteiger partial charge in [-0.25, -0.2) is 12.8 Å². The summed E-state index contributed by atoms with van der Waals surface area (Å²) >= 11 is 0. The number of nitrogens with one attached hydrogen (secondary N) is 1. The molecule has 0 unspecified atom stereocenters. The maximum absolute atomic E-state index is 14.5. The van der Waals surface area contributed by atoms with Gasteiger partial charge >= 0.3 is 6.18 Å². The normalized spacial score (nSPS) is 13.7. The molecule has 3 aromatic carbocycles. The van der Waals surface area contributed by atoms with E-state index in [0.29, 0.717) is 6.07 Å². The number of aliphatic hydroxyl groups is 1. The van der Waals surface area contributed by atoms with Gasteiger partial charge in [0.2, 0.25) is 15.4 Å². The largest absolute Gasteiger partial charge is 0.489 e. The quantitative estimate of drug-likeness (QED) is 0.324. The minimum Gasteiger partial charge on any atom is -0.489 e. The molecular formula is C23H20F4N2O5S. The Labute approximate surface area is 198 Å². The molecule has 0 bridgehead atoms. The van der Waals surface area contributed by atoms with Gasteiger partial charge in [-0.3, -0.25) is 4.79 Å². The summed E-state index contributed by atoms with van der Waals surface area (Å²) in [6, 6.07) is 15.2. The minimum atomic E-state index is -5.32. The smallest absolute Gasteiger partial charge is 0.426 e. The van der Waals surface area contributed by atoms with E-state index in [-0.39, 0.29) is 29.9 Å². The average Bonchev–Trinajstić information content (AvgIpc) is 2.79. The van der Waals surface area contributed by atoms with E-state index in [9.17, 15) is 35.9 Å². The number of nitrogen functional groups attached to an aromatic ring is 1. The van der Waals surface area contributed by atoms with E-state index in [1.807, 2.05) is 30.3 Å². The number of halogens is 4. The Morgan fingerprint density at radius 1 is 1.06 bits per heavy atom. The zero-order valence-corrected chi connectivity index (χ0v) is 19.0. The van der Waals surface area contributed by atoms with Gasteiger partial charge < -0.3 is 20.9 Å². The SMILES string of the molecule is C[C@@](O)(C(=O)Nc1ccc(S(=O)(=O)c2cc(OCc3ccccc3)ccc2N)cc1F)C(F)(F)F. The van der Waals surface area contributed by atoms with Crippen LogP contribution in [0.1, 0.15) is 12.5 Å². The zero-order valence-electron chi connectivity index (χ0n) is 18.1. The number of nitrogens with two attached hydrogens (primary N) is 1. The number of benzene rings is 3. The third-order valence-corrected chi connectivity index (χ3v) is 6.82. The molecule has 0 saturated carbocycles. The standard InChI is InChI=1S/C23H20F4N2O5S/c1-22(31,23(25,26)27)21(30)29-19-10-8-16(12-17(19)24)35(32,33)20-11-15(7-9-18(20)28)34-13-14-5-3-2-4-6-14/h2-12,31H,13,28H2,1H3,(H,29,30)/t22-/m1/s1. The summed E-state index contributed by atoms with van der Waals surface area (Å²) in [6.45, 7) is 0.351. The second-order valence-corrected chi connectivity index (χ2v) is 9.56. The molecule has 4 N–H and O–H groups in total. The Hall–Kier alpha value is -3.64. The third kappa shape index (κ3) is 5.54. The molecule has 0 heterocycles. The molecule has 0 spiro atoms. The first kappa shape index (κ1) is 26.0. The Morgan fingerprint density at radius 3 is 2.31 bits per heavy atom. The van der Waals surface area contributed by atoms with Crippen molar-refractivity contribution in [2.75, 3.05) is 11.1 Å². The highest BCUT2D eigenvalue weighted by molar-refractivity contribution is 7.91. The first-order valence-electron chi connectivity index (χ1n) is 9.95. The van der Waals surface area contributed by atoms with Crippen LogP contribution in [0.4, 0.5) is 28.9 Å². The van der Waals surface area contributed by atoms with Gasteiger partial charge in [-0.1, -0.05) is 30.3 Å². The third-order valence-electron chi connectivity index (χ3n) is 5.02. The van der Waals surface area contributed by atoms with Crippen LogP contribution >= 0.6 is 0 Å². The van der Waals surface area contributed by atoms with Crippen molar-refractivity contribution in [3.05, 3.63) is 78.1 Å². The first-order valence-corrected chi connectivity index (χ1v) is 11.4. The van der Waals surface area contributed by atoms with Gasteiger partial charge in [-0.15, -0.1) is 0 Å². The van der Waals surface area contributed by atoms with Gasteiger partial charge in [0.05, 0.1) is 21.2 Å². The minimum absolute atomic E-state index is 0.143. The highest BCUT2D eigenvalue weighted by Crippen LogP contribution is 2.33. The molecule has 12 heteroatoms. The molecule has 3 aromatic rings. The number of carbonyl (C=O) groups is 1. The lowest BCUT2D eigenvalue weighted by Gasteiger charge is -2.25. The predicted octanol–water partition coefficient (Wildman–Crippen LogP) is 4.07. The molecule has 3 rings (SSSR count). The van der Waals surface area contributed by atoms with E-state index in [2.05, 4.69) is 0 Å². The highest BCUT2D eigenvalue weighted by Gasteiger charge is 2.55. The van der Waals surface area contributed by atoms with Crippen molar-refractivity contribution in [2.24, 2.45) is 0 Å². The van der Waals surface area contributed by atoms with Crippen LogP contribution in [0.15, 0.2) is 76.5 Å². The van der Waals surface area contributed by atoms with Crippen molar-refractivity contribution in [2.45, 2.75) is 35.1 Å². The molecule has 0 aliphatic rings. The summed E-state index contributed by atoms with van der Waals surface area (Å²) in [4.78, 5) is 10.8. The van der Waals surface area contributed by atoms with Crippen LogP contribution in [0.2, 0.25) is 0 Å². The summed E-state index contributed by atoms with van der Waals surface area (Å²) < 4.78 is 84.7. The molecule has 35 heavy (non-hydrogen) atoms. The molecule has 7 nitrogen and oxygen atoms in total. The predicted molar refractivity (Wildman–Crippen MR) is 119 cm³/mol. The van der Waals surface area contributed by atoms with Crippen LogP contribution in [-0.2, 0) is 21.2 Å². The van der Waals surface area contributed by atoms with Crippen molar-refractivity contribution in [3.63, 3.8) is 0 Å². The van der Waals surface area contributed by atoms with Crippen LogP contribution in [0.5, 0.6) is 5.75 Å². The maximum Gasteiger partial charge on any atom is 0.426 e. The molecule has 1 amide bonds. The maximum atomic E-state index is 14.5. The molecular weight excluding hydrogens is 492 g/mol. The zero-order chi connectivity index (χ0) is 26.0. The number of amides is 1. The van der Waals surface area contributed by atoms with Gasteiger partial charge in [0.25, 0.3) is 5.91 Å². The van der Waals surface area contributed by atoms with Crippen molar-refractivity contribution >= 4 is 27.1 Å². The second-order valence-electron chi connectivity index (χ2n) is 7.64. The molecule has 1 atom stereocenters. The first-order chi connectivity index (χ1) is 16.2. The molecule has 0 fully saturated rings. The molecule has 0 radical (unpaired) electrons. The lowest BCUT2D eigenvalue weighted by molar-refractivity contribution is -0.242. The fourth-order valence-electron chi connectivity index (χ4n) is 2.84. The van der Waals surface area contributed by atoms with E-state index in [4.69, 9.17) is 10.5 Å². The molecule has 0 saturated heterocycles. The van der Waals surface area contributed by atoms with Crippen LogP contribution < -0.4 is 15.8 Å². The van der Waals surface area contributed by atoms with Crippen LogP contribution in [0, 0.1) is 5.82 Å². The van der Waals surface area contributed by atoms with Gasteiger partial charge in [0.1, 0.15) is 18.2 Å². The summed E-state index contributed by atoms with van der Waals surface area (Å²) in [5.41, 5.74) is 1.96. The number of rotatable bonds is 7. The highest BCUT2D eigenvalue weighted by atomic mass is 32.2. The van der Waals surface area contributed by atoms with E-state index in [1.54, 1.807) is 5.32 Å². The molecule has 0 aliphatic heterocycles. The molecule has 0 aromatic heterocycles. The average molecular weight is 512 g/mol. The van der Waals surface area contributed by atoms with Crippen LogP contribution in [0.3, 0.4) is 0 Å². The second kappa shape index (κ2) is 9.55. The topological polar surface area (TPSA) is 119 Å². The van der Waals surface area contributed by atoms with E-state index in [1.165, 1.54) is 18.2 Å². The van der Waals surface area contributed by atoms with Crippen molar-refractivity contribution in [1.29, 1.82) is 0 Å². The lowest BCUT2D eigenvalue weighted by atomic mass is 10.1. The molecule has 0 aliphatic carbocycles. The number of ether oxygens (including phenoxy) is 1. The van der Waals surface area contributed by atoms with Gasteiger partial charge in [0, 0.05) is 6.07 Å². The Kier molecular flexibility index (Phi) is 7.08. The van der Waals surface area contributed by atoms with E-state index >= 15 is 0 Å². The number of sulfone groups is 1. The summed E-state index contributed by atoms with van der Waals surface area (Å²) in [5, 5.41) is 11.0. The number of anilines is 2. The van der Waals surface area contributed by atoms with Gasteiger partial charge in [0.15, 0.2) is 0 Å². The number of carbonyl (C=O) groups excluding carboxylic acids is 1. The lowest BCUT2D eigenvalue weighted by Crippen LogP contribution is -2.52. The Balaban J connectivity index is 1.86. The Morgan fingerprint density at radius 2 is 1.71 bits per heavy atom. The molecule has 186 valence electrons. The monoisotopic (exact) mass is 512 g/mol. The summed E-state index contributed by atoms with van der Waals surface area (Å²) in [7, 11) is -4.38. The van der Waals surface area contributed by atoms with Crippen molar-refractivity contribution in [1.82, 2.24) is 0 Å². The van der Waals surface area contributed by atoms with Gasteiger partial charge in [-0.05, 0) is 42.8 Å². The fourth-order valence-corrected chi connectivity index (χ4v) is 4.25. The number of hydrogen-bond acceptors (Lipinski definition) is 6. The van der Waals surface area contributed by atoms with Crippen molar-refractivity contribution in [3.8, 4) is 5.75 Å². The number of hydrogen-bond donors (Lipinski definition) is 3. The summed E-state index contributed by atoms with van der Waals surface area (Å²) in [6.07, 6.45) is -5.32. The van der Waals surface area contributed by atoms with E-state index in [0.717, 1.165) is 17.7 Å².